The third-order valence-corrected chi connectivity index (χ3v) is 3.06. The Morgan fingerprint density at radius 1 is 1.46 bits per heavy atom. The number of anilines is 1. The zero-order valence-corrected chi connectivity index (χ0v) is 8.31. The zero-order valence-electron chi connectivity index (χ0n) is 7.50. The van der Waals surface area contributed by atoms with Crippen LogP contribution >= 0.6 is 11.3 Å². The Morgan fingerprint density at radius 2 is 2.23 bits per heavy atom. The minimum Gasteiger partial charge on any atom is -0.367 e. The SMILES string of the molecule is Cc1ccsc1-c1noc(N)c1C. The van der Waals surface area contributed by atoms with Gasteiger partial charge in [0.1, 0.15) is 5.69 Å². The molecule has 0 radical (unpaired) electrons. The average Bonchev–Trinajstić information content (AvgIpc) is 2.62. The molecule has 0 unspecified atom stereocenters. The van der Waals surface area contributed by atoms with Crippen molar-refractivity contribution < 1.29 is 4.52 Å². The minimum atomic E-state index is 0.405. The molecule has 0 saturated carbocycles. The molecular formula is C9H10N2OS. The normalized spacial score (nSPS) is 10.6. The molecule has 2 rings (SSSR count). The summed E-state index contributed by atoms with van der Waals surface area (Å²) in [6.45, 7) is 3.97. The Kier molecular flexibility index (Phi) is 1.84. The van der Waals surface area contributed by atoms with Gasteiger partial charge in [0.05, 0.1) is 4.88 Å². The van der Waals surface area contributed by atoms with E-state index < -0.39 is 0 Å². The lowest BCUT2D eigenvalue weighted by atomic mass is 10.2. The Hall–Kier alpha value is -1.29. The van der Waals surface area contributed by atoms with Crippen LogP contribution in [0.15, 0.2) is 16.0 Å². The van der Waals surface area contributed by atoms with Crippen LogP contribution in [0.3, 0.4) is 0 Å². The number of hydrogen-bond donors (Lipinski definition) is 1. The van der Waals surface area contributed by atoms with Crippen LogP contribution in [0.5, 0.6) is 0 Å². The molecule has 0 amide bonds. The molecule has 3 nitrogen and oxygen atoms in total. The molecule has 0 saturated heterocycles. The van der Waals surface area contributed by atoms with Crippen LogP contribution in [0, 0.1) is 13.8 Å². The molecule has 2 aromatic heterocycles. The number of hydrogen-bond acceptors (Lipinski definition) is 4. The van der Waals surface area contributed by atoms with Gasteiger partial charge in [0.15, 0.2) is 0 Å². The molecule has 0 aromatic carbocycles. The van der Waals surface area contributed by atoms with Gasteiger partial charge >= 0.3 is 0 Å². The highest BCUT2D eigenvalue weighted by Gasteiger charge is 2.13. The number of aromatic nitrogens is 1. The molecule has 13 heavy (non-hydrogen) atoms. The summed E-state index contributed by atoms with van der Waals surface area (Å²) >= 11 is 1.65. The van der Waals surface area contributed by atoms with Crippen molar-refractivity contribution in [2.45, 2.75) is 13.8 Å². The maximum atomic E-state index is 5.57. The number of nitrogens with zero attached hydrogens (tertiary/aromatic N) is 1. The average molecular weight is 194 g/mol. The van der Waals surface area contributed by atoms with E-state index in [0.717, 1.165) is 16.1 Å². The molecule has 0 atom stereocenters. The summed E-state index contributed by atoms with van der Waals surface area (Å²) in [6, 6.07) is 2.06. The number of nitrogen functional groups attached to an aromatic ring is 1. The number of nitrogens with two attached hydrogens (primary N) is 1. The van der Waals surface area contributed by atoms with Gasteiger partial charge in [0.2, 0.25) is 5.88 Å². The first-order valence-electron chi connectivity index (χ1n) is 3.96. The van der Waals surface area contributed by atoms with Gasteiger partial charge in [-0.15, -0.1) is 11.3 Å². The standard InChI is InChI=1S/C9H10N2OS/c1-5-3-4-13-8(5)7-6(2)9(10)12-11-7/h3-4H,10H2,1-2H3. The lowest BCUT2D eigenvalue weighted by Gasteiger charge is -1.93. The van der Waals surface area contributed by atoms with Crippen molar-refractivity contribution in [2.75, 3.05) is 5.73 Å². The summed E-state index contributed by atoms with van der Waals surface area (Å²) < 4.78 is 4.91. The van der Waals surface area contributed by atoms with E-state index in [1.165, 1.54) is 5.56 Å². The molecule has 0 aliphatic heterocycles. The molecular weight excluding hydrogens is 184 g/mol. The van der Waals surface area contributed by atoms with E-state index in [-0.39, 0.29) is 0 Å². The summed E-state index contributed by atoms with van der Waals surface area (Å²) in [5.74, 6) is 0.405. The first-order valence-corrected chi connectivity index (χ1v) is 4.84. The van der Waals surface area contributed by atoms with Crippen molar-refractivity contribution in [1.29, 1.82) is 0 Å². The second-order valence-electron chi connectivity index (χ2n) is 2.95. The summed E-state index contributed by atoms with van der Waals surface area (Å²) in [7, 11) is 0. The van der Waals surface area contributed by atoms with Crippen LogP contribution in [0.1, 0.15) is 11.1 Å². The van der Waals surface area contributed by atoms with Gasteiger partial charge in [-0.1, -0.05) is 5.16 Å². The fourth-order valence-corrected chi connectivity index (χ4v) is 2.14. The van der Waals surface area contributed by atoms with Crippen LogP contribution in [0.25, 0.3) is 10.6 Å². The topological polar surface area (TPSA) is 52.0 Å². The maximum absolute atomic E-state index is 5.57. The van der Waals surface area contributed by atoms with E-state index in [1.54, 1.807) is 11.3 Å². The monoisotopic (exact) mass is 194 g/mol. The largest absolute Gasteiger partial charge is 0.367 e. The summed E-state index contributed by atoms with van der Waals surface area (Å²) in [6.07, 6.45) is 0. The molecule has 0 aliphatic rings. The maximum Gasteiger partial charge on any atom is 0.225 e. The van der Waals surface area contributed by atoms with Gasteiger partial charge in [-0.05, 0) is 30.9 Å². The quantitative estimate of drug-likeness (QED) is 0.759. The lowest BCUT2D eigenvalue weighted by Crippen LogP contribution is -1.84. The van der Waals surface area contributed by atoms with Gasteiger partial charge < -0.3 is 10.3 Å². The molecule has 0 fully saturated rings. The molecule has 0 spiro atoms. The Labute approximate surface area is 80.2 Å². The highest BCUT2D eigenvalue weighted by molar-refractivity contribution is 7.13. The molecule has 0 bridgehead atoms. The highest BCUT2D eigenvalue weighted by atomic mass is 32.1. The van der Waals surface area contributed by atoms with Crippen LogP contribution in [-0.4, -0.2) is 5.16 Å². The Balaban J connectivity index is 2.59. The predicted octanol–water partition coefficient (Wildman–Crippen LogP) is 2.60. The van der Waals surface area contributed by atoms with Crippen molar-refractivity contribution in [3.63, 3.8) is 0 Å². The van der Waals surface area contributed by atoms with Crippen molar-refractivity contribution >= 4 is 17.2 Å². The smallest absolute Gasteiger partial charge is 0.225 e. The van der Waals surface area contributed by atoms with E-state index in [0.29, 0.717) is 5.88 Å². The molecule has 68 valence electrons. The Morgan fingerprint density at radius 3 is 2.69 bits per heavy atom. The van der Waals surface area contributed by atoms with Crippen molar-refractivity contribution in [1.82, 2.24) is 5.16 Å². The number of thiophene rings is 1. The second-order valence-corrected chi connectivity index (χ2v) is 3.87. The van der Waals surface area contributed by atoms with Crippen LogP contribution < -0.4 is 5.73 Å². The fraction of sp³-hybridized carbons (Fsp3) is 0.222. The fourth-order valence-electron chi connectivity index (χ4n) is 1.18. The minimum absolute atomic E-state index is 0.405. The van der Waals surface area contributed by atoms with E-state index in [1.807, 2.05) is 12.3 Å². The molecule has 2 heterocycles. The highest BCUT2D eigenvalue weighted by Crippen LogP contribution is 2.32. The molecule has 2 aromatic rings. The van der Waals surface area contributed by atoms with Crippen LogP contribution in [-0.2, 0) is 0 Å². The van der Waals surface area contributed by atoms with Gasteiger partial charge in [0, 0.05) is 5.56 Å². The van der Waals surface area contributed by atoms with E-state index in [4.69, 9.17) is 10.3 Å². The van der Waals surface area contributed by atoms with Crippen LogP contribution in [0.2, 0.25) is 0 Å². The van der Waals surface area contributed by atoms with Gasteiger partial charge in [-0.25, -0.2) is 0 Å². The summed E-state index contributed by atoms with van der Waals surface area (Å²) in [5, 5.41) is 5.97. The Bertz CT molecular complexity index is 431. The van der Waals surface area contributed by atoms with Gasteiger partial charge in [-0.3, -0.25) is 0 Å². The summed E-state index contributed by atoms with van der Waals surface area (Å²) in [4.78, 5) is 1.14. The number of aryl methyl sites for hydroxylation is 1. The lowest BCUT2D eigenvalue weighted by molar-refractivity contribution is 0.439. The first-order chi connectivity index (χ1) is 6.20. The molecule has 4 heteroatoms. The molecule has 2 N–H and O–H groups in total. The van der Waals surface area contributed by atoms with Crippen molar-refractivity contribution in [2.24, 2.45) is 0 Å². The number of rotatable bonds is 1. The van der Waals surface area contributed by atoms with Crippen molar-refractivity contribution in [3.8, 4) is 10.6 Å². The zero-order chi connectivity index (χ0) is 9.42. The van der Waals surface area contributed by atoms with Gasteiger partial charge in [-0.2, -0.15) is 0 Å². The second kappa shape index (κ2) is 2.88. The van der Waals surface area contributed by atoms with Crippen molar-refractivity contribution in [3.05, 3.63) is 22.6 Å². The van der Waals surface area contributed by atoms with E-state index in [9.17, 15) is 0 Å². The molecule has 0 aliphatic carbocycles. The first kappa shape index (κ1) is 8.31. The van der Waals surface area contributed by atoms with E-state index in [2.05, 4.69) is 18.1 Å². The van der Waals surface area contributed by atoms with Gasteiger partial charge in [0.25, 0.3) is 0 Å². The summed E-state index contributed by atoms with van der Waals surface area (Å²) in [5.41, 5.74) is 8.57. The van der Waals surface area contributed by atoms with E-state index >= 15 is 0 Å². The third kappa shape index (κ3) is 1.23. The van der Waals surface area contributed by atoms with Crippen LogP contribution in [0.4, 0.5) is 5.88 Å². The third-order valence-electron chi connectivity index (χ3n) is 2.04. The predicted molar refractivity (Wildman–Crippen MR) is 53.7 cm³/mol.